The molecule has 3 nitrogen and oxygen atoms in total. The maximum absolute atomic E-state index is 12.9. The fourth-order valence-electron chi connectivity index (χ4n) is 1.66. The van der Waals surface area contributed by atoms with Crippen molar-refractivity contribution in [1.29, 1.82) is 0 Å². The number of amides is 1. The largest absolute Gasteiger partial charge is 0.398 e. The monoisotopic (exact) mass is 322 g/mol. The summed E-state index contributed by atoms with van der Waals surface area (Å²) in [5.41, 5.74) is 7.65. The molecular weight excluding hydrogens is 311 g/mol. The fraction of sp³-hybridized carbons (Fsp3) is 0.0714. The molecule has 0 heterocycles. The standard InChI is InChI=1S/C14H12BrFN2O/c1-8-2-5-11(15)13(6-8)18-14(19)10-4-3-9(16)7-12(10)17/h2-7H,17H2,1H3,(H,18,19). The number of aryl methyl sites for hydroxylation is 1. The van der Waals surface area contributed by atoms with Crippen LogP contribution >= 0.6 is 15.9 Å². The number of hydrogen-bond donors (Lipinski definition) is 2. The van der Waals surface area contributed by atoms with Crippen LogP contribution in [-0.4, -0.2) is 5.91 Å². The summed E-state index contributed by atoms with van der Waals surface area (Å²) in [4.78, 5) is 12.1. The molecule has 0 spiro atoms. The number of anilines is 2. The van der Waals surface area contributed by atoms with E-state index < -0.39 is 5.82 Å². The molecule has 0 aliphatic carbocycles. The Morgan fingerprint density at radius 2 is 2.00 bits per heavy atom. The zero-order valence-corrected chi connectivity index (χ0v) is 11.8. The van der Waals surface area contributed by atoms with Crippen molar-refractivity contribution in [2.75, 3.05) is 11.1 Å². The number of benzene rings is 2. The van der Waals surface area contributed by atoms with Gasteiger partial charge in [-0.1, -0.05) is 6.07 Å². The first-order valence-electron chi connectivity index (χ1n) is 5.60. The molecule has 0 aromatic heterocycles. The number of nitrogen functional groups attached to an aromatic ring is 1. The van der Waals surface area contributed by atoms with Gasteiger partial charge in [0.1, 0.15) is 5.82 Å². The second-order valence-corrected chi connectivity index (χ2v) is 5.02. The molecule has 3 N–H and O–H groups in total. The van der Waals surface area contributed by atoms with Gasteiger partial charge in [-0.3, -0.25) is 4.79 Å². The Hall–Kier alpha value is -1.88. The first kappa shape index (κ1) is 13.5. The summed E-state index contributed by atoms with van der Waals surface area (Å²) in [5, 5.41) is 2.74. The van der Waals surface area contributed by atoms with Crippen LogP contribution < -0.4 is 11.1 Å². The van der Waals surface area contributed by atoms with Crippen LogP contribution in [0, 0.1) is 12.7 Å². The molecule has 2 rings (SSSR count). The van der Waals surface area contributed by atoms with Crippen molar-refractivity contribution in [3.8, 4) is 0 Å². The first-order valence-corrected chi connectivity index (χ1v) is 6.39. The summed E-state index contributed by atoms with van der Waals surface area (Å²) in [7, 11) is 0. The molecule has 0 atom stereocenters. The van der Waals surface area contributed by atoms with Gasteiger partial charge in [-0.2, -0.15) is 0 Å². The van der Waals surface area contributed by atoms with Gasteiger partial charge in [0.15, 0.2) is 0 Å². The lowest BCUT2D eigenvalue weighted by molar-refractivity contribution is 0.102. The van der Waals surface area contributed by atoms with Crippen molar-refractivity contribution in [3.05, 3.63) is 57.8 Å². The third-order valence-corrected chi connectivity index (χ3v) is 3.32. The predicted octanol–water partition coefficient (Wildman–Crippen LogP) is 3.73. The van der Waals surface area contributed by atoms with Gasteiger partial charge < -0.3 is 11.1 Å². The molecular formula is C14H12BrFN2O. The Bertz CT molecular complexity index is 643. The number of hydrogen-bond acceptors (Lipinski definition) is 2. The Morgan fingerprint density at radius 1 is 1.26 bits per heavy atom. The SMILES string of the molecule is Cc1ccc(Br)c(NC(=O)c2ccc(F)cc2N)c1. The summed E-state index contributed by atoms with van der Waals surface area (Å²) in [5.74, 6) is -0.838. The minimum absolute atomic E-state index is 0.112. The molecule has 1 amide bonds. The molecule has 0 fully saturated rings. The van der Waals surface area contributed by atoms with Crippen molar-refractivity contribution < 1.29 is 9.18 Å². The third-order valence-electron chi connectivity index (χ3n) is 2.63. The van der Waals surface area contributed by atoms with E-state index in [1.807, 2.05) is 25.1 Å². The van der Waals surface area contributed by atoms with Crippen LogP contribution in [0.2, 0.25) is 0 Å². The second-order valence-electron chi connectivity index (χ2n) is 4.17. The molecule has 0 aliphatic heterocycles. The summed E-state index contributed by atoms with van der Waals surface area (Å²) >= 11 is 3.36. The van der Waals surface area contributed by atoms with E-state index in [0.29, 0.717) is 5.69 Å². The molecule has 0 unspecified atom stereocenters. The molecule has 19 heavy (non-hydrogen) atoms. The summed E-state index contributed by atoms with van der Waals surface area (Å²) in [6, 6.07) is 9.30. The quantitative estimate of drug-likeness (QED) is 0.828. The maximum Gasteiger partial charge on any atom is 0.257 e. The van der Waals surface area contributed by atoms with Crippen LogP contribution in [0.5, 0.6) is 0 Å². The second kappa shape index (κ2) is 5.40. The van der Waals surface area contributed by atoms with Gasteiger partial charge in [-0.15, -0.1) is 0 Å². The highest BCUT2D eigenvalue weighted by Crippen LogP contribution is 2.24. The number of nitrogens with one attached hydrogen (secondary N) is 1. The number of rotatable bonds is 2. The Morgan fingerprint density at radius 3 is 2.68 bits per heavy atom. The smallest absolute Gasteiger partial charge is 0.257 e. The third kappa shape index (κ3) is 3.12. The fourth-order valence-corrected chi connectivity index (χ4v) is 2.01. The van der Waals surface area contributed by atoms with E-state index in [1.165, 1.54) is 12.1 Å². The molecule has 0 saturated carbocycles. The van der Waals surface area contributed by atoms with E-state index in [9.17, 15) is 9.18 Å². The number of nitrogens with two attached hydrogens (primary N) is 1. The highest BCUT2D eigenvalue weighted by Gasteiger charge is 2.12. The van der Waals surface area contributed by atoms with Crippen LogP contribution in [0.3, 0.4) is 0 Å². The van der Waals surface area contributed by atoms with Crippen molar-refractivity contribution in [1.82, 2.24) is 0 Å². The minimum atomic E-state index is -0.467. The zero-order chi connectivity index (χ0) is 14.0. The van der Waals surface area contributed by atoms with E-state index in [0.717, 1.165) is 16.1 Å². The summed E-state index contributed by atoms with van der Waals surface area (Å²) in [6.45, 7) is 1.92. The lowest BCUT2D eigenvalue weighted by atomic mass is 10.1. The molecule has 98 valence electrons. The lowest BCUT2D eigenvalue weighted by Crippen LogP contribution is -2.14. The highest BCUT2D eigenvalue weighted by atomic mass is 79.9. The summed E-state index contributed by atoms with van der Waals surface area (Å²) in [6.07, 6.45) is 0. The molecule has 0 bridgehead atoms. The topological polar surface area (TPSA) is 55.1 Å². The number of carbonyl (C=O) groups is 1. The van der Waals surface area contributed by atoms with E-state index in [-0.39, 0.29) is 17.2 Å². The van der Waals surface area contributed by atoms with Gasteiger partial charge in [-0.05, 0) is 58.7 Å². The molecule has 5 heteroatoms. The van der Waals surface area contributed by atoms with Gasteiger partial charge in [0.05, 0.1) is 11.3 Å². The average Bonchev–Trinajstić information content (AvgIpc) is 2.33. The number of carbonyl (C=O) groups excluding carboxylic acids is 1. The van der Waals surface area contributed by atoms with E-state index in [1.54, 1.807) is 0 Å². The summed E-state index contributed by atoms with van der Waals surface area (Å²) < 4.78 is 13.7. The van der Waals surface area contributed by atoms with E-state index >= 15 is 0 Å². The molecule has 0 radical (unpaired) electrons. The Balaban J connectivity index is 2.28. The van der Waals surface area contributed by atoms with Gasteiger partial charge in [-0.25, -0.2) is 4.39 Å². The Labute approximate surface area is 118 Å². The van der Waals surface area contributed by atoms with Crippen LogP contribution in [0.25, 0.3) is 0 Å². The lowest BCUT2D eigenvalue weighted by Gasteiger charge is -2.10. The molecule has 0 saturated heterocycles. The van der Waals surface area contributed by atoms with Crippen LogP contribution in [0.15, 0.2) is 40.9 Å². The van der Waals surface area contributed by atoms with E-state index in [4.69, 9.17) is 5.73 Å². The van der Waals surface area contributed by atoms with Crippen molar-refractivity contribution in [2.24, 2.45) is 0 Å². The zero-order valence-electron chi connectivity index (χ0n) is 10.2. The van der Waals surface area contributed by atoms with Crippen LogP contribution in [-0.2, 0) is 0 Å². The van der Waals surface area contributed by atoms with E-state index in [2.05, 4.69) is 21.2 Å². The average molecular weight is 323 g/mol. The van der Waals surface area contributed by atoms with Gasteiger partial charge in [0.25, 0.3) is 5.91 Å². The van der Waals surface area contributed by atoms with Crippen molar-refractivity contribution >= 4 is 33.2 Å². The minimum Gasteiger partial charge on any atom is -0.398 e. The van der Waals surface area contributed by atoms with Crippen LogP contribution in [0.1, 0.15) is 15.9 Å². The van der Waals surface area contributed by atoms with Gasteiger partial charge in [0, 0.05) is 10.2 Å². The van der Waals surface area contributed by atoms with Crippen molar-refractivity contribution in [3.63, 3.8) is 0 Å². The van der Waals surface area contributed by atoms with Crippen molar-refractivity contribution in [2.45, 2.75) is 6.92 Å². The van der Waals surface area contributed by atoms with Gasteiger partial charge in [0.2, 0.25) is 0 Å². The first-order chi connectivity index (χ1) is 8.97. The van der Waals surface area contributed by atoms with Crippen LogP contribution in [0.4, 0.5) is 15.8 Å². The molecule has 2 aromatic carbocycles. The number of halogens is 2. The molecule has 0 aliphatic rings. The normalized spacial score (nSPS) is 10.3. The highest BCUT2D eigenvalue weighted by molar-refractivity contribution is 9.10. The maximum atomic E-state index is 12.9. The molecule has 2 aromatic rings. The van der Waals surface area contributed by atoms with Gasteiger partial charge >= 0.3 is 0 Å². The Kier molecular flexibility index (Phi) is 3.85. The predicted molar refractivity (Wildman–Crippen MR) is 77.6 cm³/mol.